The van der Waals surface area contributed by atoms with Crippen LogP contribution in [0.15, 0.2) is 53.0 Å². The fourth-order valence-corrected chi connectivity index (χ4v) is 2.55. The Bertz CT molecular complexity index is 541. The summed E-state index contributed by atoms with van der Waals surface area (Å²) in [4.78, 5) is 0. The van der Waals surface area contributed by atoms with Gasteiger partial charge in [0.25, 0.3) is 0 Å². The van der Waals surface area contributed by atoms with Gasteiger partial charge < -0.3 is 10.5 Å². The van der Waals surface area contributed by atoms with Gasteiger partial charge in [0.05, 0.1) is 0 Å². The fraction of sp³-hybridized carbons (Fsp3) is 0.250. The second-order valence-electron chi connectivity index (χ2n) is 4.62. The normalized spacial score (nSPS) is 13.8. The maximum Gasteiger partial charge on any atom is 0.139 e. The summed E-state index contributed by atoms with van der Waals surface area (Å²) in [5.41, 5.74) is 7.33. The predicted octanol–water partition coefficient (Wildman–Crippen LogP) is 4.91. The zero-order valence-electron chi connectivity index (χ0n) is 11.2. The Kier molecular flexibility index (Phi) is 5.86. The van der Waals surface area contributed by atoms with E-state index in [9.17, 15) is 0 Å². The van der Waals surface area contributed by atoms with Crippen LogP contribution >= 0.6 is 38.5 Å². The van der Waals surface area contributed by atoms with Gasteiger partial charge in [-0.3, -0.25) is 0 Å². The Morgan fingerprint density at radius 2 is 1.70 bits per heavy atom. The lowest BCUT2D eigenvalue weighted by Crippen LogP contribution is -2.31. The number of ether oxygens (including phenoxy) is 1. The lowest BCUT2D eigenvalue weighted by Gasteiger charge is -2.25. The lowest BCUT2D eigenvalue weighted by atomic mass is 10.0. The van der Waals surface area contributed by atoms with E-state index < -0.39 is 0 Å². The van der Waals surface area contributed by atoms with Crippen molar-refractivity contribution in [1.29, 1.82) is 0 Å². The summed E-state index contributed by atoms with van der Waals surface area (Å²) in [6.07, 6.45) is 0.735. The molecule has 106 valence electrons. The van der Waals surface area contributed by atoms with Crippen molar-refractivity contribution in [2.45, 2.75) is 25.5 Å². The Morgan fingerprint density at radius 1 is 1.10 bits per heavy atom. The maximum absolute atomic E-state index is 6.23. The molecule has 20 heavy (non-hydrogen) atoms. The molecule has 4 heteroatoms. The van der Waals surface area contributed by atoms with Crippen LogP contribution in [-0.2, 0) is 0 Å². The zero-order chi connectivity index (χ0) is 14.5. The van der Waals surface area contributed by atoms with Gasteiger partial charge in [-0.1, -0.05) is 35.0 Å². The molecule has 0 amide bonds. The van der Waals surface area contributed by atoms with E-state index in [0.717, 1.165) is 22.2 Å². The first-order chi connectivity index (χ1) is 9.60. The van der Waals surface area contributed by atoms with Crippen LogP contribution in [0, 0.1) is 3.57 Å². The molecule has 0 saturated carbocycles. The molecule has 0 heterocycles. The van der Waals surface area contributed by atoms with E-state index in [1.165, 1.54) is 3.57 Å². The number of nitrogens with two attached hydrogens (primary N) is 1. The van der Waals surface area contributed by atoms with Gasteiger partial charge in [0.2, 0.25) is 0 Å². The van der Waals surface area contributed by atoms with Gasteiger partial charge in [0, 0.05) is 14.1 Å². The first-order valence-electron chi connectivity index (χ1n) is 6.53. The van der Waals surface area contributed by atoms with E-state index in [2.05, 4.69) is 57.6 Å². The van der Waals surface area contributed by atoms with Crippen LogP contribution in [0.2, 0.25) is 0 Å². The van der Waals surface area contributed by atoms with Gasteiger partial charge in [-0.15, -0.1) is 0 Å². The zero-order valence-corrected chi connectivity index (χ0v) is 15.0. The van der Waals surface area contributed by atoms with E-state index in [1.54, 1.807) is 0 Å². The van der Waals surface area contributed by atoms with E-state index >= 15 is 0 Å². The standard InChI is InChI=1S/C16H17BrINO/c1-2-15(19)16(11-3-5-12(17)6-4-11)20-14-9-7-13(18)8-10-14/h3-10,15-16H,2,19H2,1H3. The Labute approximate surface area is 142 Å². The molecule has 2 N–H and O–H groups in total. The second-order valence-corrected chi connectivity index (χ2v) is 6.78. The van der Waals surface area contributed by atoms with Crippen LogP contribution in [0.4, 0.5) is 0 Å². The molecule has 0 saturated heterocycles. The molecule has 0 spiro atoms. The van der Waals surface area contributed by atoms with Crippen LogP contribution in [0.3, 0.4) is 0 Å². The molecule has 0 fully saturated rings. The lowest BCUT2D eigenvalue weighted by molar-refractivity contribution is 0.171. The molecule has 2 unspecified atom stereocenters. The minimum absolute atomic E-state index is 0.0320. The van der Waals surface area contributed by atoms with Gasteiger partial charge in [0.1, 0.15) is 11.9 Å². The topological polar surface area (TPSA) is 35.2 Å². The van der Waals surface area contributed by atoms with Crippen LogP contribution in [0.5, 0.6) is 5.75 Å². The van der Waals surface area contributed by atoms with Gasteiger partial charge in [-0.2, -0.15) is 0 Å². The van der Waals surface area contributed by atoms with Crippen LogP contribution in [0.25, 0.3) is 0 Å². The van der Waals surface area contributed by atoms with Gasteiger partial charge in [-0.25, -0.2) is 0 Å². The third-order valence-corrected chi connectivity index (χ3v) is 4.38. The fourth-order valence-electron chi connectivity index (χ4n) is 1.93. The Balaban J connectivity index is 2.23. The molecule has 0 aliphatic carbocycles. The Hall–Kier alpha value is -0.590. The summed E-state index contributed by atoms with van der Waals surface area (Å²) >= 11 is 5.73. The molecular weight excluding hydrogens is 429 g/mol. The summed E-state index contributed by atoms with van der Waals surface area (Å²) in [6, 6.07) is 16.1. The average molecular weight is 446 g/mol. The summed E-state index contributed by atoms with van der Waals surface area (Å²) < 4.78 is 8.35. The number of hydrogen-bond acceptors (Lipinski definition) is 2. The first-order valence-corrected chi connectivity index (χ1v) is 8.40. The number of hydrogen-bond donors (Lipinski definition) is 1. The van der Waals surface area contributed by atoms with Crippen LogP contribution in [-0.4, -0.2) is 6.04 Å². The minimum atomic E-state index is -0.131. The second kappa shape index (κ2) is 7.43. The SMILES string of the molecule is CCC(N)C(Oc1ccc(I)cc1)c1ccc(Br)cc1. The summed E-state index contributed by atoms with van der Waals surface area (Å²) in [6.45, 7) is 2.08. The number of benzene rings is 2. The number of rotatable bonds is 5. The average Bonchev–Trinajstić information content (AvgIpc) is 2.47. The van der Waals surface area contributed by atoms with Crippen molar-refractivity contribution >= 4 is 38.5 Å². The van der Waals surface area contributed by atoms with Crippen molar-refractivity contribution < 1.29 is 4.74 Å². The summed E-state index contributed by atoms with van der Waals surface area (Å²) in [7, 11) is 0. The molecule has 0 aliphatic heterocycles. The first kappa shape index (κ1) is 15.8. The molecule has 2 rings (SSSR count). The highest BCUT2D eigenvalue weighted by Gasteiger charge is 2.20. The molecule has 0 radical (unpaired) electrons. The van der Waals surface area contributed by atoms with Gasteiger partial charge in [0.15, 0.2) is 0 Å². The highest BCUT2D eigenvalue weighted by atomic mass is 127. The molecule has 2 atom stereocenters. The van der Waals surface area contributed by atoms with Gasteiger partial charge in [-0.05, 0) is 71.0 Å². The van der Waals surface area contributed by atoms with Crippen molar-refractivity contribution in [2.75, 3.05) is 0 Å². The molecule has 2 aromatic rings. The van der Waals surface area contributed by atoms with E-state index in [1.807, 2.05) is 36.4 Å². The maximum atomic E-state index is 6.23. The summed E-state index contributed by atoms with van der Waals surface area (Å²) in [5.74, 6) is 0.849. The smallest absolute Gasteiger partial charge is 0.139 e. The molecule has 0 aliphatic rings. The van der Waals surface area contributed by atoms with Crippen molar-refractivity contribution in [3.63, 3.8) is 0 Å². The minimum Gasteiger partial charge on any atom is -0.484 e. The Morgan fingerprint density at radius 3 is 2.25 bits per heavy atom. The summed E-state index contributed by atoms with van der Waals surface area (Å²) in [5, 5.41) is 0. The van der Waals surface area contributed by atoms with Crippen LogP contribution < -0.4 is 10.5 Å². The quantitative estimate of drug-likeness (QED) is 0.663. The largest absolute Gasteiger partial charge is 0.484 e. The molecule has 2 nitrogen and oxygen atoms in total. The molecule has 0 bridgehead atoms. The third kappa shape index (κ3) is 4.20. The van der Waals surface area contributed by atoms with Crippen molar-refractivity contribution in [3.05, 3.63) is 62.1 Å². The van der Waals surface area contributed by atoms with Crippen molar-refractivity contribution in [3.8, 4) is 5.75 Å². The highest BCUT2D eigenvalue weighted by Crippen LogP contribution is 2.27. The predicted molar refractivity (Wildman–Crippen MR) is 94.9 cm³/mol. The van der Waals surface area contributed by atoms with E-state index in [4.69, 9.17) is 10.5 Å². The van der Waals surface area contributed by atoms with Crippen molar-refractivity contribution in [2.24, 2.45) is 5.73 Å². The molecular formula is C16H17BrINO. The van der Waals surface area contributed by atoms with Crippen molar-refractivity contribution in [1.82, 2.24) is 0 Å². The third-order valence-electron chi connectivity index (χ3n) is 3.14. The molecule has 2 aromatic carbocycles. The molecule has 0 aromatic heterocycles. The number of halogens is 2. The van der Waals surface area contributed by atoms with E-state index in [0.29, 0.717) is 0 Å². The highest BCUT2D eigenvalue weighted by molar-refractivity contribution is 14.1. The van der Waals surface area contributed by atoms with Gasteiger partial charge >= 0.3 is 0 Å². The van der Waals surface area contributed by atoms with E-state index in [-0.39, 0.29) is 12.1 Å². The van der Waals surface area contributed by atoms with Crippen LogP contribution in [0.1, 0.15) is 25.0 Å². The monoisotopic (exact) mass is 445 g/mol.